The van der Waals surface area contributed by atoms with Gasteiger partial charge in [0.05, 0.1) is 29.7 Å². The Hall–Kier alpha value is -6.57. The number of likely N-dealkylation sites (tertiary alicyclic amines) is 3. The zero-order chi connectivity index (χ0) is 55.7. The van der Waals surface area contributed by atoms with Crippen molar-refractivity contribution in [1.29, 1.82) is 0 Å². The molecule has 6 amide bonds. The van der Waals surface area contributed by atoms with Crippen LogP contribution < -0.4 is 16.2 Å². The van der Waals surface area contributed by atoms with E-state index in [-0.39, 0.29) is 65.0 Å². The van der Waals surface area contributed by atoms with E-state index in [0.717, 1.165) is 109 Å². The Bertz CT molecular complexity index is 2930. The fourth-order valence-corrected chi connectivity index (χ4v) is 13.2. The van der Waals surface area contributed by atoms with E-state index in [0.29, 0.717) is 112 Å². The van der Waals surface area contributed by atoms with Gasteiger partial charge in [0, 0.05) is 128 Å². The number of hydrogen-bond donors (Lipinski definition) is 3. The normalized spacial score (nSPS) is 21.7. The molecule has 4 aromatic rings. The van der Waals surface area contributed by atoms with Crippen LogP contribution in [0.25, 0.3) is 10.8 Å². The number of nitrogens with zero attached hydrogens (tertiary/aromatic N) is 8. The Morgan fingerprint density at radius 1 is 0.688 bits per heavy atom. The van der Waals surface area contributed by atoms with E-state index in [9.17, 15) is 33.6 Å². The van der Waals surface area contributed by atoms with E-state index in [1.807, 2.05) is 53.2 Å². The number of aromatic nitrogens is 2. The number of piperazine rings is 2. The second-order valence-corrected chi connectivity index (χ2v) is 23.5. The SMILES string of the molecule is CN1CCC(CNCC(=O)N2CCCC(c3cccc(C(=O)N[C@@H](C(=O)N4CCC(CN5CCN(CC(=O)N6CCN(C(=O)c7cc(Cc8n[nH]c(=O)c9ccccc89)ccc7F)CC6)CC5)CC4)C4CCCCC4)c3)C2)CC1=O. The van der Waals surface area contributed by atoms with Crippen LogP contribution in [0.5, 0.6) is 0 Å². The average molecular weight is 1100 g/mol. The molecule has 6 aliphatic rings. The van der Waals surface area contributed by atoms with Crippen molar-refractivity contribution in [2.24, 2.45) is 17.8 Å². The standard InChI is InChI=1S/C61H80FN11O7/c1-67-22-18-44(35-54(67)74)37-63-38-55(75)73-21-8-13-48(40-73)46-11-7-12-47(36-46)58(77)64-57(45-9-3-2-4-10-45)61(80)71-23-19-42(20-24-71)39-68-25-27-69(28-26-68)41-56(76)70-29-31-72(32-30-70)60(79)51-33-43(16-17-52(51)62)34-53-49-14-5-6-15-50(49)59(78)66-65-53/h5-7,11-12,14-17,33,36,42,44-45,48,57,63H,2-4,8-10,13,18-32,34-35,37-41H2,1H3,(H,64,77)(H,66,78)/t44?,48?,57-/m1/s1. The molecule has 1 saturated carbocycles. The minimum absolute atomic E-state index is 0.0231. The van der Waals surface area contributed by atoms with Gasteiger partial charge in [-0.15, -0.1) is 0 Å². The summed E-state index contributed by atoms with van der Waals surface area (Å²) in [6.45, 7) is 10.1. The van der Waals surface area contributed by atoms with Gasteiger partial charge in [-0.2, -0.15) is 5.10 Å². The van der Waals surface area contributed by atoms with Crippen molar-refractivity contribution < 1.29 is 33.2 Å². The molecule has 0 radical (unpaired) electrons. The van der Waals surface area contributed by atoms with E-state index in [1.165, 1.54) is 6.07 Å². The van der Waals surface area contributed by atoms with Crippen LogP contribution >= 0.6 is 0 Å². The van der Waals surface area contributed by atoms with E-state index in [1.54, 1.807) is 39.0 Å². The number of aromatic amines is 1. The maximum Gasteiger partial charge on any atom is 0.272 e. The van der Waals surface area contributed by atoms with Crippen LogP contribution in [0, 0.1) is 23.6 Å². The lowest BCUT2D eigenvalue weighted by molar-refractivity contribution is -0.137. The van der Waals surface area contributed by atoms with Crippen LogP contribution in [-0.4, -0.2) is 204 Å². The number of halogens is 1. The molecular formula is C61H80FN11O7. The maximum absolute atomic E-state index is 15.2. The molecule has 80 heavy (non-hydrogen) atoms. The number of rotatable bonds is 16. The number of amides is 6. The minimum atomic E-state index is -0.610. The maximum atomic E-state index is 15.2. The number of benzene rings is 3. The molecule has 2 unspecified atom stereocenters. The first-order chi connectivity index (χ1) is 38.8. The number of carbonyl (C=O) groups is 6. The van der Waals surface area contributed by atoms with Crippen LogP contribution in [0.15, 0.2) is 71.5 Å². The molecule has 18 nitrogen and oxygen atoms in total. The van der Waals surface area contributed by atoms with Gasteiger partial charge in [-0.25, -0.2) is 9.49 Å². The number of carbonyl (C=O) groups excluding carboxylic acids is 6. The van der Waals surface area contributed by atoms with Crippen molar-refractivity contribution in [3.63, 3.8) is 0 Å². The van der Waals surface area contributed by atoms with Crippen LogP contribution in [0.2, 0.25) is 0 Å². The summed E-state index contributed by atoms with van der Waals surface area (Å²) in [6, 6.07) is 18.8. The van der Waals surface area contributed by atoms with Crippen molar-refractivity contribution >= 4 is 46.2 Å². The van der Waals surface area contributed by atoms with Crippen molar-refractivity contribution in [3.8, 4) is 0 Å². The van der Waals surface area contributed by atoms with Crippen LogP contribution in [0.4, 0.5) is 4.39 Å². The molecule has 3 atom stereocenters. The van der Waals surface area contributed by atoms with Gasteiger partial charge in [-0.05, 0) is 111 Å². The fraction of sp³-hybridized carbons (Fsp3) is 0.574. The summed E-state index contributed by atoms with van der Waals surface area (Å²) >= 11 is 0. The first-order valence-electron chi connectivity index (χ1n) is 29.5. The summed E-state index contributed by atoms with van der Waals surface area (Å²) in [7, 11) is 1.84. The molecular weight excluding hydrogens is 1020 g/mol. The topological polar surface area (TPSA) is 195 Å². The van der Waals surface area contributed by atoms with E-state index in [2.05, 4.69) is 30.6 Å². The summed E-state index contributed by atoms with van der Waals surface area (Å²) < 4.78 is 15.2. The number of fused-ring (bicyclic) bond motifs is 1. The Morgan fingerprint density at radius 2 is 1.41 bits per heavy atom. The lowest BCUT2D eigenvalue weighted by atomic mass is 9.82. The summed E-state index contributed by atoms with van der Waals surface area (Å²) in [5.41, 5.74) is 2.57. The average Bonchev–Trinajstić information content (AvgIpc) is 3.51. The highest BCUT2D eigenvalue weighted by molar-refractivity contribution is 5.98. The second-order valence-electron chi connectivity index (χ2n) is 23.5. The predicted molar refractivity (Wildman–Crippen MR) is 302 cm³/mol. The minimum Gasteiger partial charge on any atom is -0.346 e. The van der Waals surface area contributed by atoms with Gasteiger partial charge in [0.2, 0.25) is 23.6 Å². The number of nitrogens with one attached hydrogen (secondary N) is 3. The second kappa shape index (κ2) is 26.3. The van der Waals surface area contributed by atoms with Gasteiger partial charge in [-0.3, -0.25) is 38.5 Å². The number of piperidine rings is 3. The highest BCUT2D eigenvalue weighted by Crippen LogP contribution is 2.31. The van der Waals surface area contributed by atoms with Crippen molar-refractivity contribution in [3.05, 3.63) is 111 Å². The zero-order valence-corrected chi connectivity index (χ0v) is 46.6. The van der Waals surface area contributed by atoms with Gasteiger partial charge in [0.15, 0.2) is 0 Å². The lowest BCUT2D eigenvalue weighted by Crippen LogP contribution is -2.55. The van der Waals surface area contributed by atoms with Crippen molar-refractivity contribution in [2.75, 3.05) is 118 Å². The molecule has 428 valence electrons. The molecule has 1 aliphatic carbocycles. The van der Waals surface area contributed by atoms with E-state index >= 15 is 4.39 Å². The Kier molecular flexibility index (Phi) is 18.7. The largest absolute Gasteiger partial charge is 0.346 e. The molecule has 5 saturated heterocycles. The third-order valence-electron chi connectivity index (χ3n) is 18.1. The number of hydrogen-bond acceptors (Lipinski definition) is 11. The van der Waals surface area contributed by atoms with Gasteiger partial charge in [0.25, 0.3) is 17.4 Å². The molecule has 3 N–H and O–H groups in total. The predicted octanol–water partition coefficient (Wildman–Crippen LogP) is 4.34. The lowest BCUT2D eigenvalue weighted by Gasteiger charge is -2.41. The highest BCUT2D eigenvalue weighted by Gasteiger charge is 2.37. The fourth-order valence-electron chi connectivity index (χ4n) is 13.2. The molecule has 6 fully saturated rings. The van der Waals surface area contributed by atoms with Gasteiger partial charge < -0.3 is 40.0 Å². The van der Waals surface area contributed by atoms with E-state index < -0.39 is 17.8 Å². The molecule has 6 heterocycles. The van der Waals surface area contributed by atoms with Crippen LogP contribution in [0.1, 0.15) is 114 Å². The molecule has 0 spiro atoms. The van der Waals surface area contributed by atoms with Gasteiger partial charge in [-0.1, -0.05) is 55.7 Å². The highest BCUT2D eigenvalue weighted by atomic mass is 19.1. The molecule has 5 aliphatic heterocycles. The number of H-pyrrole nitrogens is 1. The monoisotopic (exact) mass is 1100 g/mol. The Morgan fingerprint density at radius 3 is 2.17 bits per heavy atom. The third kappa shape index (κ3) is 13.9. The zero-order valence-electron chi connectivity index (χ0n) is 46.6. The summed E-state index contributed by atoms with van der Waals surface area (Å²) in [5.74, 6) is -0.111. The summed E-state index contributed by atoms with van der Waals surface area (Å²) in [6.07, 6.45) is 10.4. The molecule has 1 aromatic heterocycles. The molecule has 19 heteroatoms. The first kappa shape index (κ1) is 56.7. The van der Waals surface area contributed by atoms with Crippen LogP contribution in [-0.2, 0) is 25.6 Å². The molecule has 10 rings (SSSR count). The van der Waals surface area contributed by atoms with Crippen molar-refractivity contribution in [2.45, 2.75) is 89.0 Å². The van der Waals surface area contributed by atoms with Crippen molar-refractivity contribution in [1.82, 2.24) is 55.1 Å². The van der Waals surface area contributed by atoms with E-state index in [4.69, 9.17) is 0 Å². The Labute approximate surface area is 468 Å². The molecule has 0 bridgehead atoms. The van der Waals surface area contributed by atoms with Gasteiger partial charge in [0.1, 0.15) is 11.9 Å². The smallest absolute Gasteiger partial charge is 0.272 e. The summed E-state index contributed by atoms with van der Waals surface area (Å²) in [5, 5.41) is 14.6. The van der Waals surface area contributed by atoms with Gasteiger partial charge >= 0.3 is 0 Å². The summed E-state index contributed by atoms with van der Waals surface area (Å²) in [4.78, 5) is 107. The Balaban J connectivity index is 0.646. The first-order valence-corrected chi connectivity index (χ1v) is 29.5. The van der Waals surface area contributed by atoms with Crippen LogP contribution in [0.3, 0.4) is 0 Å². The third-order valence-corrected chi connectivity index (χ3v) is 18.1. The quantitative estimate of drug-likeness (QED) is 0.145. The molecule has 3 aromatic carbocycles.